The maximum atomic E-state index is 13.4. The van der Waals surface area contributed by atoms with E-state index < -0.39 is 0 Å². The summed E-state index contributed by atoms with van der Waals surface area (Å²) >= 11 is 1.62. The number of anilines is 2. The molecule has 3 aromatic rings. The Balaban J connectivity index is 1.58. The van der Waals surface area contributed by atoms with Gasteiger partial charge in [0.25, 0.3) is 5.91 Å². The summed E-state index contributed by atoms with van der Waals surface area (Å²) in [6.45, 7) is 0. The van der Waals surface area contributed by atoms with Gasteiger partial charge in [0.1, 0.15) is 5.82 Å². The van der Waals surface area contributed by atoms with Crippen LogP contribution in [0.25, 0.3) is 0 Å². The number of aromatic nitrogens is 2. The van der Waals surface area contributed by atoms with Crippen molar-refractivity contribution in [2.24, 2.45) is 0 Å². The zero-order chi connectivity index (χ0) is 17.7. The number of hydrogen-bond donors (Lipinski definition) is 1. The van der Waals surface area contributed by atoms with Crippen LogP contribution >= 0.6 is 11.3 Å². The van der Waals surface area contributed by atoms with Gasteiger partial charge >= 0.3 is 0 Å². The molecule has 2 atom stereocenters. The number of rotatable bonds is 3. The quantitative estimate of drug-likeness (QED) is 0.759. The molecule has 2 aliphatic carbocycles. The lowest BCUT2D eigenvalue weighted by atomic mass is 9.99. The SMILES string of the molecule is O=C(c1cc2c(s1)C1CCC2C1)N(c1ccc(=O)[nH]c1)c1ccccn1. The highest BCUT2D eigenvalue weighted by molar-refractivity contribution is 7.14. The normalized spacial score (nSPS) is 20.2. The van der Waals surface area contributed by atoms with Gasteiger partial charge < -0.3 is 4.98 Å². The fourth-order valence-corrected chi connectivity index (χ4v) is 5.48. The Kier molecular flexibility index (Phi) is 3.53. The largest absolute Gasteiger partial charge is 0.327 e. The van der Waals surface area contributed by atoms with Crippen molar-refractivity contribution < 1.29 is 4.79 Å². The zero-order valence-corrected chi connectivity index (χ0v) is 14.8. The standard InChI is InChI=1S/C20H17N3O2S/c24-18-7-6-14(11-22-18)23(17-3-1-2-8-21-17)20(25)16-10-15-12-4-5-13(9-12)19(15)26-16/h1-3,6-8,10-13H,4-5,9H2,(H,22,24). The minimum Gasteiger partial charge on any atom is -0.327 e. The van der Waals surface area contributed by atoms with Crippen molar-refractivity contribution >= 4 is 28.7 Å². The Morgan fingerprint density at radius 3 is 2.81 bits per heavy atom. The average molecular weight is 363 g/mol. The van der Waals surface area contributed by atoms with Crippen molar-refractivity contribution in [2.45, 2.75) is 31.1 Å². The summed E-state index contributed by atoms with van der Waals surface area (Å²) in [5, 5.41) is 0. The molecule has 0 aromatic carbocycles. The summed E-state index contributed by atoms with van der Waals surface area (Å²) in [5.41, 5.74) is 1.77. The molecule has 6 heteroatoms. The molecule has 0 aliphatic heterocycles. The number of carbonyl (C=O) groups excluding carboxylic acids is 1. The summed E-state index contributed by atoms with van der Waals surface area (Å²) in [6, 6.07) is 10.6. The molecule has 2 bridgehead atoms. The fourth-order valence-electron chi connectivity index (χ4n) is 4.16. The highest BCUT2D eigenvalue weighted by Crippen LogP contribution is 2.56. The number of nitrogens with zero attached hydrogens (tertiary/aromatic N) is 2. The van der Waals surface area contributed by atoms with Gasteiger partial charge in [-0.05, 0) is 60.9 Å². The van der Waals surface area contributed by atoms with E-state index in [0.29, 0.717) is 23.3 Å². The van der Waals surface area contributed by atoms with Crippen molar-refractivity contribution in [1.29, 1.82) is 0 Å². The van der Waals surface area contributed by atoms with Gasteiger partial charge in [-0.15, -0.1) is 11.3 Å². The molecule has 0 radical (unpaired) electrons. The molecular weight excluding hydrogens is 346 g/mol. The van der Waals surface area contributed by atoms with Crippen LogP contribution in [0.15, 0.2) is 53.6 Å². The minimum atomic E-state index is -0.200. The van der Waals surface area contributed by atoms with E-state index in [2.05, 4.69) is 16.0 Å². The molecule has 2 aliphatic rings. The van der Waals surface area contributed by atoms with E-state index in [-0.39, 0.29) is 11.5 Å². The second-order valence-corrected chi connectivity index (χ2v) is 7.96. The monoisotopic (exact) mass is 363 g/mol. The lowest BCUT2D eigenvalue weighted by molar-refractivity contribution is 0.100. The van der Waals surface area contributed by atoms with E-state index in [1.807, 2.05) is 12.1 Å². The fraction of sp³-hybridized carbons (Fsp3) is 0.250. The topological polar surface area (TPSA) is 66.1 Å². The third-order valence-corrected chi connectivity index (χ3v) is 6.65. The van der Waals surface area contributed by atoms with Gasteiger partial charge in [-0.25, -0.2) is 4.98 Å². The van der Waals surface area contributed by atoms with E-state index in [1.165, 1.54) is 35.8 Å². The Morgan fingerprint density at radius 2 is 2.08 bits per heavy atom. The highest BCUT2D eigenvalue weighted by Gasteiger charge is 2.39. The van der Waals surface area contributed by atoms with Gasteiger partial charge in [-0.3, -0.25) is 14.5 Å². The summed E-state index contributed by atoms with van der Waals surface area (Å²) in [4.78, 5) is 35.5. The molecule has 1 amide bonds. The van der Waals surface area contributed by atoms with Gasteiger partial charge in [-0.1, -0.05) is 6.07 Å². The minimum absolute atomic E-state index is 0.102. The van der Waals surface area contributed by atoms with Crippen LogP contribution in [0.3, 0.4) is 0 Å². The van der Waals surface area contributed by atoms with E-state index in [0.717, 1.165) is 4.88 Å². The van der Waals surface area contributed by atoms with Crippen LogP contribution in [0.4, 0.5) is 11.5 Å². The molecule has 1 fully saturated rings. The van der Waals surface area contributed by atoms with E-state index in [1.54, 1.807) is 40.8 Å². The van der Waals surface area contributed by atoms with E-state index in [9.17, 15) is 9.59 Å². The first kappa shape index (κ1) is 15.5. The first-order valence-corrected chi connectivity index (χ1v) is 9.60. The number of H-pyrrole nitrogens is 1. The van der Waals surface area contributed by atoms with Gasteiger partial charge in [0.2, 0.25) is 5.56 Å². The Bertz CT molecular complexity index is 993. The van der Waals surface area contributed by atoms with Crippen molar-refractivity contribution in [2.75, 3.05) is 4.90 Å². The van der Waals surface area contributed by atoms with Crippen LogP contribution in [0.5, 0.6) is 0 Å². The zero-order valence-electron chi connectivity index (χ0n) is 14.0. The first-order valence-electron chi connectivity index (χ1n) is 8.78. The molecule has 1 saturated carbocycles. The number of amides is 1. The predicted octanol–water partition coefficient (Wildman–Crippen LogP) is 4.17. The lowest BCUT2D eigenvalue weighted by Crippen LogP contribution is -2.26. The highest BCUT2D eigenvalue weighted by atomic mass is 32.1. The number of thiophene rings is 1. The van der Waals surface area contributed by atoms with E-state index in [4.69, 9.17) is 0 Å². The van der Waals surface area contributed by atoms with Gasteiger partial charge in [0.05, 0.1) is 10.6 Å². The predicted molar refractivity (Wildman–Crippen MR) is 101 cm³/mol. The molecule has 0 saturated heterocycles. The van der Waals surface area contributed by atoms with Crippen LogP contribution in [-0.2, 0) is 0 Å². The van der Waals surface area contributed by atoms with Gasteiger partial charge in [0, 0.05) is 23.3 Å². The Labute approximate surface area is 154 Å². The number of fused-ring (bicyclic) bond motifs is 5. The number of pyridine rings is 2. The second-order valence-electron chi connectivity index (χ2n) is 6.88. The Morgan fingerprint density at radius 1 is 1.19 bits per heavy atom. The van der Waals surface area contributed by atoms with Crippen molar-refractivity contribution in [3.63, 3.8) is 0 Å². The third-order valence-electron chi connectivity index (χ3n) is 5.35. The van der Waals surface area contributed by atoms with Crippen LogP contribution in [0.2, 0.25) is 0 Å². The summed E-state index contributed by atoms with van der Waals surface area (Å²) in [5.74, 6) is 1.71. The number of carbonyl (C=O) groups is 1. The smallest absolute Gasteiger partial charge is 0.274 e. The van der Waals surface area contributed by atoms with Crippen LogP contribution < -0.4 is 10.5 Å². The molecule has 5 rings (SSSR count). The van der Waals surface area contributed by atoms with Crippen molar-refractivity contribution in [3.8, 4) is 0 Å². The second kappa shape index (κ2) is 5.92. The summed E-state index contributed by atoms with van der Waals surface area (Å²) in [7, 11) is 0. The molecule has 130 valence electrons. The molecular formula is C20H17N3O2S. The van der Waals surface area contributed by atoms with Crippen LogP contribution in [-0.4, -0.2) is 15.9 Å². The molecule has 0 spiro atoms. The number of aromatic amines is 1. The van der Waals surface area contributed by atoms with Crippen molar-refractivity contribution in [1.82, 2.24) is 9.97 Å². The van der Waals surface area contributed by atoms with Crippen molar-refractivity contribution in [3.05, 3.63) is 74.5 Å². The van der Waals surface area contributed by atoms with Crippen LogP contribution in [0.1, 0.15) is 51.2 Å². The molecule has 3 heterocycles. The van der Waals surface area contributed by atoms with Gasteiger partial charge in [0.15, 0.2) is 0 Å². The van der Waals surface area contributed by atoms with E-state index >= 15 is 0 Å². The third kappa shape index (κ3) is 2.41. The number of nitrogens with one attached hydrogen (secondary N) is 1. The summed E-state index contributed by atoms with van der Waals surface area (Å²) < 4.78 is 0. The lowest BCUT2D eigenvalue weighted by Gasteiger charge is -2.21. The molecule has 26 heavy (non-hydrogen) atoms. The van der Waals surface area contributed by atoms with Gasteiger partial charge in [-0.2, -0.15) is 0 Å². The first-order chi connectivity index (χ1) is 12.7. The molecule has 5 nitrogen and oxygen atoms in total. The molecule has 1 N–H and O–H groups in total. The maximum absolute atomic E-state index is 13.4. The number of hydrogen-bond acceptors (Lipinski definition) is 4. The molecule has 3 aromatic heterocycles. The van der Waals surface area contributed by atoms with Crippen LogP contribution in [0, 0.1) is 0 Å². The molecule has 2 unspecified atom stereocenters. The maximum Gasteiger partial charge on any atom is 0.274 e. The summed E-state index contributed by atoms with van der Waals surface area (Å²) in [6.07, 6.45) is 6.96. The Hall–Kier alpha value is -2.73. The average Bonchev–Trinajstić information content (AvgIpc) is 3.37.